The van der Waals surface area contributed by atoms with Crippen molar-refractivity contribution in [3.8, 4) is 0 Å². The van der Waals surface area contributed by atoms with Crippen LogP contribution in [0, 0.1) is 56.7 Å². The van der Waals surface area contributed by atoms with Gasteiger partial charge >= 0.3 is 11.9 Å². The molecular weight excluding hydrogens is 440 g/mol. The average molecular weight is 487 g/mol. The summed E-state index contributed by atoms with van der Waals surface area (Å²) in [4.78, 5) is 25.3. The highest BCUT2D eigenvalue weighted by Gasteiger charge is 2.73. The van der Waals surface area contributed by atoms with Gasteiger partial charge in [-0.3, -0.25) is 9.59 Å². The van der Waals surface area contributed by atoms with Crippen LogP contribution < -0.4 is 0 Å². The first-order valence-electron chi connectivity index (χ1n) is 14.0. The molecule has 11 atom stereocenters. The number of carboxylic acid groups (broad SMARTS) is 2. The van der Waals surface area contributed by atoms with Gasteiger partial charge in [0.25, 0.3) is 0 Å². The van der Waals surface area contributed by atoms with E-state index in [-0.39, 0.29) is 34.0 Å². The number of aliphatic hydroxyl groups excluding tert-OH is 1. The smallest absolute Gasteiger partial charge is 0.312 e. The van der Waals surface area contributed by atoms with Crippen LogP contribution in [0.3, 0.4) is 0 Å². The van der Waals surface area contributed by atoms with E-state index in [1.807, 2.05) is 0 Å². The van der Waals surface area contributed by atoms with Gasteiger partial charge in [-0.15, -0.1) is 0 Å². The Balaban J connectivity index is 1.57. The van der Waals surface area contributed by atoms with Crippen LogP contribution in [-0.2, 0) is 9.59 Å². The van der Waals surface area contributed by atoms with Crippen molar-refractivity contribution >= 4 is 11.9 Å². The molecule has 0 spiro atoms. The van der Waals surface area contributed by atoms with E-state index in [1.54, 1.807) is 6.92 Å². The van der Waals surface area contributed by atoms with Gasteiger partial charge in [0.15, 0.2) is 0 Å². The average Bonchev–Trinajstić information content (AvgIpc) is 3.18. The van der Waals surface area contributed by atoms with E-state index >= 15 is 0 Å². The first kappa shape index (κ1) is 25.3. The molecule has 0 saturated heterocycles. The number of fused-ring (bicyclic) bond motifs is 7. The van der Waals surface area contributed by atoms with E-state index in [0.29, 0.717) is 18.3 Å². The normalized spacial score (nSPS) is 55.1. The zero-order chi connectivity index (χ0) is 25.8. The van der Waals surface area contributed by atoms with E-state index < -0.39 is 28.9 Å². The number of aliphatic carboxylic acids is 2. The molecule has 0 aromatic rings. The topological polar surface area (TPSA) is 94.8 Å². The Morgan fingerprint density at radius 2 is 1.46 bits per heavy atom. The van der Waals surface area contributed by atoms with Crippen LogP contribution in [0.25, 0.3) is 0 Å². The summed E-state index contributed by atoms with van der Waals surface area (Å²) in [7, 11) is 0. The molecule has 3 N–H and O–H groups in total. The van der Waals surface area contributed by atoms with Gasteiger partial charge in [0.2, 0.25) is 0 Å². The van der Waals surface area contributed by atoms with E-state index in [1.165, 1.54) is 0 Å². The fraction of sp³-hybridized carbons (Fsp3) is 0.867. The Labute approximate surface area is 210 Å². The van der Waals surface area contributed by atoms with E-state index in [2.05, 4.69) is 34.3 Å². The maximum atomic E-state index is 12.8. The second-order valence-corrected chi connectivity index (χ2v) is 14.3. The highest BCUT2D eigenvalue weighted by molar-refractivity contribution is 5.76. The van der Waals surface area contributed by atoms with Crippen molar-refractivity contribution in [1.29, 1.82) is 0 Å². The van der Waals surface area contributed by atoms with Crippen LogP contribution in [0.4, 0.5) is 0 Å². The molecule has 5 aliphatic carbocycles. The number of carboxylic acids is 2. The molecule has 0 aromatic heterocycles. The highest BCUT2D eigenvalue weighted by atomic mass is 16.4. The zero-order valence-corrected chi connectivity index (χ0v) is 22.4. The molecule has 5 saturated carbocycles. The van der Waals surface area contributed by atoms with Crippen molar-refractivity contribution in [2.45, 2.75) is 105 Å². The summed E-state index contributed by atoms with van der Waals surface area (Å²) in [5.74, 6) is -0.315. The maximum Gasteiger partial charge on any atom is 0.312 e. The van der Waals surface area contributed by atoms with Gasteiger partial charge in [0.1, 0.15) is 0 Å². The minimum absolute atomic E-state index is 0.0290. The van der Waals surface area contributed by atoms with E-state index in [4.69, 9.17) is 0 Å². The number of aliphatic hydroxyl groups is 1. The largest absolute Gasteiger partial charge is 0.481 e. The third kappa shape index (κ3) is 2.85. The quantitative estimate of drug-likeness (QED) is 0.416. The van der Waals surface area contributed by atoms with Crippen molar-refractivity contribution in [3.63, 3.8) is 0 Å². The molecule has 0 amide bonds. The van der Waals surface area contributed by atoms with Gasteiger partial charge in [-0.25, -0.2) is 0 Å². The lowest BCUT2D eigenvalue weighted by Gasteiger charge is -2.72. The molecule has 0 unspecified atom stereocenters. The Morgan fingerprint density at radius 3 is 2.06 bits per heavy atom. The highest BCUT2D eigenvalue weighted by Crippen LogP contribution is 2.77. The molecule has 0 heterocycles. The van der Waals surface area contributed by atoms with Crippen LogP contribution in [-0.4, -0.2) is 33.4 Å². The first-order valence-corrected chi connectivity index (χ1v) is 14.0. The predicted molar refractivity (Wildman–Crippen MR) is 135 cm³/mol. The second kappa shape index (κ2) is 7.58. The van der Waals surface area contributed by atoms with Gasteiger partial charge in [0.05, 0.1) is 16.9 Å². The summed E-state index contributed by atoms with van der Waals surface area (Å²) in [6.45, 7) is 15.4. The molecule has 0 aliphatic heterocycles. The standard InChI is InChI=1S/C30H46O5/c1-17(2)18-9-14-30(25(34)35)16-15-27(4)19(23(18)30)7-8-20-26(3)12-11-22(31)29(6,24(32)33)21(26)10-13-28(20,27)5/h18-23,31H,1,7-16H2,2-6H3,(H,32,33)(H,34,35)/t18-,19+,20+,21-,22+,23+,26+,27+,28+,29-,30-/m0/s1. The number of hydrogen-bond acceptors (Lipinski definition) is 3. The third-order valence-electron chi connectivity index (χ3n) is 13.6. The maximum absolute atomic E-state index is 12.8. The van der Waals surface area contributed by atoms with Gasteiger partial charge in [-0.05, 0) is 124 Å². The second-order valence-electron chi connectivity index (χ2n) is 14.3. The van der Waals surface area contributed by atoms with Crippen molar-refractivity contribution in [2.24, 2.45) is 56.7 Å². The molecule has 0 aromatic carbocycles. The Kier molecular flexibility index (Phi) is 5.48. The monoisotopic (exact) mass is 486 g/mol. The summed E-state index contributed by atoms with van der Waals surface area (Å²) in [6, 6.07) is 0. The lowest BCUT2D eigenvalue weighted by atomic mass is 9.32. The molecule has 5 nitrogen and oxygen atoms in total. The van der Waals surface area contributed by atoms with Crippen molar-refractivity contribution in [2.75, 3.05) is 0 Å². The Bertz CT molecular complexity index is 958. The minimum Gasteiger partial charge on any atom is -0.481 e. The van der Waals surface area contributed by atoms with Crippen LogP contribution in [0.5, 0.6) is 0 Å². The van der Waals surface area contributed by atoms with Crippen LogP contribution in [0.1, 0.15) is 98.8 Å². The van der Waals surface area contributed by atoms with E-state index in [0.717, 1.165) is 63.4 Å². The first-order chi connectivity index (χ1) is 16.2. The summed E-state index contributed by atoms with van der Waals surface area (Å²) < 4.78 is 0. The van der Waals surface area contributed by atoms with Crippen LogP contribution in [0.2, 0.25) is 0 Å². The fourth-order valence-corrected chi connectivity index (χ4v) is 11.5. The molecule has 5 heteroatoms. The number of carbonyl (C=O) groups is 2. The molecule has 5 rings (SSSR count). The SMILES string of the molecule is C=C(C)[C@@H]1CC[C@]2(C(=O)O)CC[C@]3(C)[C@H](CC[C@@H]4[C@@]5(C)CC[C@@H](O)[C@@](C)(C(=O)O)[C@H]5CC[C@]43C)[C@@H]12. The minimum atomic E-state index is -1.10. The van der Waals surface area contributed by atoms with Crippen molar-refractivity contribution in [1.82, 2.24) is 0 Å². The van der Waals surface area contributed by atoms with Gasteiger partial charge in [-0.2, -0.15) is 0 Å². The molecule has 196 valence electrons. The summed E-state index contributed by atoms with van der Waals surface area (Å²) in [6.07, 6.45) is 7.86. The Morgan fingerprint density at radius 1 is 0.771 bits per heavy atom. The van der Waals surface area contributed by atoms with Crippen molar-refractivity contribution in [3.05, 3.63) is 12.2 Å². The summed E-state index contributed by atoms with van der Waals surface area (Å²) in [5, 5.41) is 31.6. The molecule has 5 aliphatic rings. The van der Waals surface area contributed by atoms with E-state index in [9.17, 15) is 24.9 Å². The number of allylic oxidation sites excluding steroid dienone is 1. The molecular formula is C30H46O5. The van der Waals surface area contributed by atoms with Gasteiger partial charge in [0, 0.05) is 0 Å². The predicted octanol–water partition coefficient (Wildman–Crippen LogP) is 6.15. The summed E-state index contributed by atoms with van der Waals surface area (Å²) >= 11 is 0. The molecule has 35 heavy (non-hydrogen) atoms. The zero-order valence-electron chi connectivity index (χ0n) is 22.4. The number of rotatable bonds is 3. The van der Waals surface area contributed by atoms with Crippen LogP contribution >= 0.6 is 0 Å². The Hall–Kier alpha value is -1.36. The van der Waals surface area contributed by atoms with Crippen LogP contribution in [0.15, 0.2) is 12.2 Å². The lowest BCUT2D eigenvalue weighted by molar-refractivity contribution is -0.251. The molecule has 0 radical (unpaired) electrons. The molecule has 0 bridgehead atoms. The summed E-state index contributed by atoms with van der Waals surface area (Å²) in [5.41, 5.74) is -0.638. The van der Waals surface area contributed by atoms with Crippen molar-refractivity contribution < 1.29 is 24.9 Å². The van der Waals surface area contributed by atoms with Gasteiger partial charge < -0.3 is 15.3 Å². The number of hydrogen-bond donors (Lipinski definition) is 3. The molecule has 5 fully saturated rings. The van der Waals surface area contributed by atoms with Gasteiger partial charge in [-0.1, -0.05) is 32.9 Å². The lowest BCUT2D eigenvalue weighted by Crippen LogP contribution is -2.68. The fourth-order valence-electron chi connectivity index (χ4n) is 11.5. The third-order valence-corrected chi connectivity index (χ3v) is 13.6.